The van der Waals surface area contributed by atoms with Gasteiger partial charge in [0.15, 0.2) is 0 Å². The van der Waals surface area contributed by atoms with Crippen molar-refractivity contribution in [2.75, 3.05) is 0 Å². The van der Waals surface area contributed by atoms with Gasteiger partial charge in [-0.2, -0.15) is 0 Å². The van der Waals surface area contributed by atoms with Crippen molar-refractivity contribution >= 4 is 11.5 Å². The molecule has 114 valence electrons. The van der Waals surface area contributed by atoms with Crippen LogP contribution in [-0.4, -0.2) is 11.1 Å². The number of allylic oxidation sites excluding steroid dienone is 1. The molecule has 0 heterocycles. The summed E-state index contributed by atoms with van der Waals surface area (Å²) in [6, 6.07) is 15.7. The Morgan fingerprint density at radius 1 is 1.18 bits per heavy atom. The molecule has 0 spiro atoms. The number of carbonyl (C=O) groups is 1. The van der Waals surface area contributed by atoms with E-state index in [2.05, 4.69) is 0 Å². The van der Waals surface area contributed by atoms with Crippen LogP contribution in [0.2, 0.25) is 0 Å². The maximum absolute atomic E-state index is 10.9. The van der Waals surface area contributed by atoms with Crippen LogP contribution < -0.4 is 4.74 Å². The third-order valence-corrected chi connectivity index (χ3v) is 3.47. The Hall–Kier alpha value is -2.55. The maximum atomic E-state index is 10.9. The van der Waals surface area contributed by atoms with Crippen LogP contribution >= 0.6 is 0 Å². The fourth-order valence-electron chi connectivity index (χ4n) is 2.35. The number of carboxylic acids is 1. The molecule has 22 heavy (non-hydrogen) atoms. The molecule has 0 aromatic heterocycles. The van der Waals surface area contributed by atoms with Crippen molar-refractivity contribution < 1.29 is 14.6 Å². The average molecular weight is 296 g/mol. The first kappa shape index (κ1) is 15.8. The van der Waals surface area contributed by atoms with Gasteiger partial charge in [-0.25, -0.2) is 4.79 Å². The maximum Gasteiger partial charge on any atom is 0.328 e. The summed E-state index contributed by atoms with van der Waals surface area (Å²) in [5.41, 5.74) is 3.90. The van der Waals surface area contributed by atoms with E-state index in [-0.39, 0.29) is 0 Å². The molecule has 0 saturated carbocycles. The number of carboxylic acid groups (broad SMARTS) is 1. The highest BCUT2D eigenvalue weighted by Crippen LogP contribution is 2.26. The summed E-state index contributed by atoms with van der Waals surface area (Å²) in [7, 11) is 0. The molecule has 0 amide bonds. The molecule has 0 bridgehead atoms. The van der Waals surface area contributed by atoms with E-state index < -0.39 is 5.97 Å². The number of rotatable bonds is 6. The SMILES string of the molecule is CC/C(=C\C(=O)O)c1ccc(OCc2ccccc2)cc1C. The van der Waals surface area contributed by atoms with Gasteiger partial charge in [0.1, 0.15) is 12.4 Å². The summed E-state index contributed by atoms with van der Waals surface area (Å²) in [5, 5.41) is 8.93. The van der Waals surface area contributed by atoms with Gasteiger partial charge in [-0.15, -0.1) is 0 Å². The smallest absolute Gasteiger partial charge is 0.328 e. The summed E-state index contributed by atoms with van der Waals surface area (Å²) >= 11 is 0. The van der Waals surface area contributed by atoms with Gasteiger partial charge in [0.05, 0.1) is 0 Å². The van der Waals surface area contributed by atoms with Gasteiger partial charge in [0.25, 0.3) is 0 Å². The topological polar surface area (TPSA) is 46.5 Å². The predicted octanol–water partition coefficient (Wildman–Crippen LogP) is 4.45. The molecule has 3 nitrogen and oxygen atoms in total. The van der Waals surface area contributed by atoms with Crippen LogP contribution in [0.1, 0.15) is 30.0 Å². The highest BCUT2D eigenvalue weighted by molar-refractivity contribution is 5.90. The van der Waals surface area contributed by atoms with E-state index in [0.29, 0.717) is 13.0 Å². The zero-order valence-corrected chi connectivity index (χ0v) is 12.9. The van der Waals surface area contributed by atoms with Crippen LogP contribution in [-0.2, 0) is 11.4 Å². The molecule has 0 aliphatic carbocycles. The van der Waals surface area contributed by atoms with Crippen molar-refractivity contribution in [3.8, 4) is 5.75 Å². The predicted molar refractivity (Wildman–Crippen MR) is 87.9 cm³/mol. The number of aryl methyl sites for hydroxylation is 1. The molecule has 0 aliphatic rings. The summed E-state index contributed by atoms with van der Waals surface area (Å²) in [6.45, 7) is 4.44. The standard InChI is InChI=1S/C19H20O3/c1-3-16(12-19(20)21)18-10-9-17(11-14(18)2)22-13-15-7-5-4-6-8-15/h4-12H,3,13H2,1-2H3,(H,20,21)/b16-12+. The van der Waals surface area contributed by atoms with Crippen molar-refractivity contribution in [1.29, 1.82) is 0 Å². The number of benzene rings is 2. The molecule has 2 aromatic carbocycles. The fourth-order valence-corrected chi connectivity index (χ4v) is 2.35. The Labute approximate surface area is 130 Å². The Bertz CT molecular complexity index is 672. The van der Waals surface area contributed by atoms with Gasteiger partial charge in [-0.1, -0.05) is 43.3 Å². The second-order valence-corrected chi connectivity index (χ2v) is 5.11. The minimum Gasteiger partial charge on any atom is -0.489 e. The number of ether oxygens (including phenoxy) is 1. The second kappa shape index (κ2) is 7.46. The molecule has 2 aromatic rings. The third-order valence-electron chi connectivity index (χ3n) is 3.47. The van der Waals surface area contributed by atoms with E-state index in [9.17, 15) is 4.79 Å². The second-order valence-electron chi connectivity index (χ2n) is 5.11. The third kappa shape index (κ3) is 4.22. The van der Waals surface area contributed by atoms with Crippen LogP contribution in [0.5, 0.6) is 5.75 Å². The van der Waals surface area contributed by atoms with Gasteiger partial charge in [0, 0.05) is 6.08 Å². The molecule has 0 fully saturated rings. The zero-order valence-electron chi connectivity index (χ0n) is 12.9. The Morgan fingerprint density at radius 2 is 1.91 bits per heavy atom. The zero-order chi connectivity index (χ0) is 15.9. The first-order valence-electron chi connectivity index (χ1n) is 7.31. The number of hydrogen-bond acceptors (Lipinski definition) is 2. The first-order valence-corrected chi connectivity index (χ1v) is 7.31. The Morgan fingerprint density at radius 3 is 2.50 bits per heavy atom. The first-order chi connectivity index (χ1) is 10.6. The lowest BCUT2D eigenvalue weighted by Gasteiger charge is -2.12. The van der Waals surface area contributed by atoms with Gasteiger partial charge < -0.3 is 9.84 Å². The van der Waals surface area contributed by atoms with Gasteiger partial charge in [-0.05, 0) is 47.7 Å². The Kier molecular flexibility index (Phi) is 5.37. The van der Waals surface area contributed by atoms with E-state index in [0.717, 1.165) is 28.0 Å². The normalized spacial score (nSPS) is 11.3. The van der Waals surface area contributed by atoms with E-state index in [1.807, 2.05) is 62.4 Å². The van der Waals surface area contributed by atoms with Crippen LogP contribution in [0.15, 0.2) is 54.6 Å². The van der Waals surface area contributed by atoms with Crippen molar-refractivity contribution in [1.82, 2.24) is 0 Å². The lowest BCUT2D eigenvalue weighted by molar-refractivity contribution is -0.131. The van der Waals surface area contributed by atoms with E-state index in [4.69, 9.17) is 9.84 Å². The molecule has 0 saturated heterocycles. The number of aliphatic carboxylic acids is 1. The summed E-state index contributed by atoms with van der Waals surface area (Å²) in [4.78, 5) is 10.9. The molecular formula is C19H20O3. The summed E-state index contributed by atoms with van der Waals surface area (Å²) < 4.78 is 5.79. The minimum absolute atomic E-state index is 0.519. The van der Waals surface area contributed by atoms with Crippen LogP contribution in [0.4, 0.5) is 0 Å². The van der Waals surface area contributed by atoms with Crippen LogP contribution in [0, 0.1) is 6.92 Å². The molecule has 0 unspecified atom stereocenters. The molecule has 0 radical (unpaired) electrons. The van der Waals surface area contributed by atoms with Gasteiger partial charge in [-0.3, -0.25) is 0 Å². The van der Waals surface area contributed by atoms with E-state index in [1.165, 1.54) is 6.08 Å². The fraction of sp³-hybridized carbons (Fsp3) is 0.211. The molecular weight excluding hydrogens is 276 g/mol. The lowest BCUT2D eigenvalue weighted by Crippen LogP contribution is -1.97. The molecule has 1 N–H and O–H groups in total. The molecule has 2 rings (SSSR count). The van der Waals surface area contributed by atoms with Crippen molar-refractivity contribution in [2.24, 2.45) is 0 Å². The lowest BCUT2D eigenvalue weighted by atomic mass is 9.98. The van der Waals surface area contributed by atoms with Gasteiger partial charge >= 0.3 is 5.97 Å². The summed E-state index contributed by atoms with van der Waals surface area (Å²) in [5.74, 6) is -0.128. The number of hydrogen-bond donors (Lipinski definition) is 1. The quantitative estimate of drug-likeness (QED) is 0.801. The average Bonchev–Trinajstić information content (AvgIpc) is 2.52. The minimum atomic E-state index is -0.916. The van der Waals surface area contributed by atoms with Crippen molar-refractivity contribution in [3.63, 3.8) is 0 Å². The molecule has 3 heteroatoms. The van der Waals surface area contributed by atoms with Gasteiger partial charge in [0.2, 0.25) is 0 Å². The highest BCUT2D eigenvalue weighted by Gasteiger charge is 2.07. The van der Waals surface area contributed by atoms with E-state index in [1.54, 1.807) is 0 Å². The van der Waals surface area contributed by atoms with E-state index >= 15 is 0 Å². The van der Waals surface area contributed by atoms with Crippen LogP contribution in [0.25, 0.3) is 5.57 Å². The monoisotopic (exact) mass is 296 g/mol. The summed E-state index contributed by atoms with van der Waals surface area (Å²) in [6.07, 6.45) is 1.95. The van der Waals surface area contributed by atoms with Crippen molar-refractivity contribution in [3.05, 3.63) is 71.3 Å². The Balaban J connectivity index is 2.14. The van der Waals surface area contributed by atoms with Crippen LogP contribution in [0.3, 0.4) is 0 Å². The molecule has 0 aliphatic heterocycles. The highest BCUT2D eigenvalue weighted by atomic mass is 16.5. The largest absolute Gasteiger partial charge is 0.489 e. The molecule has 0 atom stereocenters. The van der Waals surface area contributed by atoms with Crippen molar-refractivity contribution in [2.45, 2.75) is 26.9 Å².